The SMILES string of the molecule is CC1(C)Cc2c(Cl)cccc2C(c2cnn3cccc3c2)=N1. The number of nitrogens with zero attached hydrogens (tertiary/aromatic N) is 3. The molecule has 110 valence electrons. The van der Waals surface area contributed by atoms with Gasteiger partial charge in [0.1, 0.15) is 0 Å². The fourth-order valence-corrected chi connectivity index (χ4v) is 3.31. The van der Waals surface area contributed by atoms with Gasteiger partial charge >= 0.3 is 0 Å². The van der Waals surface area contributed by atoms with Crippen LogP contribution in [0.2, 0.25) is 5.02 Å². The summed E-state index contributed by atoms with van der Waals surface area (Å²) in [5, 5.41) is 5.28. The zero-order chi connectivity index (χ0) is 15.3. The molecule has 3 nitrogen and oxygen atoms in total. The average molecular weight is 310 g/mol. The molecule has 0 saturated heterocycles. The molecule has 0 radical (unpaired) electrons. The van der Waals surface area contributed by atoms with Crippen molar-refractivity contribution in [3.05, 3.63) is 70.5 Å². The minimum atomic E-state index is -0.165. The molecule has 0 N–H and O–H groups in total. The van der Waals surface area contributed by atoms with E-state index in [0.717, 1.165) is 33.8 Å². The first-order chi connectivity index (χ1) is 10.5. The van der Waals surface area contributed by atoms with E-state index in [9.17, 15) is 0 Å². The number of fused-ring (bicyclic) bond motifs is 2. The van der Waals surface area contributed by atoms with Gasteiger partial charge in [-0.15, -0.1) is 0 Å². The molecule has 3 aromatic rings. The predicted octanol–water partition coefficient (Wildman–Crippen LogP) is 4.16. The molecule has 22 heavy (non-hydrogen) atoms. The topological polar surface area (TPSA) is 29.7 Å². The maximum absolute atomic E-state index is 6.43. The van der Waals surface area contributed by atoms with Gasteiger partial charge in [-0.05, 0) is 50.1 Å². The van der Waals surface area contributed by atoms with E-state index in [4.69, 9.17) is 16.6 Å². The Balaban J connectivity index is 1.96. The van der Waals surface area contributed by atoms with Crippen molar-refractivity contribution >= 4 is 22.8 Å². The molecule has 0 amide bonds. The van der Waals surface area contributed by atoms with Crippen molar-refractivity contribution in [2.75, 3.05) is 0 Å². The number of halogens is 1. The third-order valence-electron chi connectivity index (χ3n) is 4.05. The van der Waals surface area contributed by atoms with Gasteiger partial charge in [0.05, 0.1) is 23.0 Å². The van der Waals surface area contributed by atoms with Crippen LogP contribution in [0.5, 0.6) is 0 Å². The molecule has 0 atom stereocenters. The van der Waals surface area contributed by atoms with Crippen LogP contribution in [0.3, 0.4) is 0 Å². The van der Waals surface area contributed by atoms with Crippen LogP contribution < -0.4 is 0 Å². The van der Waals surface area contributed by atoms with Gasteiger partial charge in [0.2, 0.25) is 0 Å². The summed E-state index contributed by atoms with van der Waals surface area (Å²) in [6.07, 6.45) is 4.67. The Labute approximate surface area is 134 Å². The van der Waals surface area contributed by atoms with Crippen molar-refractivity contribution < 1.29 is 0 Å². The summed E-state index contributed by atoms with van der Waals surface area (Å²) in [7, 11) is 0. The summed E-state index contributed by atoms with van der Waals surface area (Å²) in [5.41, 5.74) is 5.19. The Morgan fingerprint density at radius 3 is 2.91 bits per heavy atom. The highest BCUT2D eigenvalue weighted by atomic mass is 35.5. The number of benzene rings is 1. The van der Waals surface area contributed by atoms with E-state index in [2.05, 4.69) is 31.1 Å². The van der Waals surface area contributed by atoms with Crippen molar-refractivity contribution in [2.24, 2.45) is 4.99 Å². The van der Waals surface area contributed by atoms with Gasteiger partial charge in [-0.2, -0.15) is 5.10 Å². The Morgan fingerprint density at radius 2 is 2.05 bits per heavy atom. The first kappa shape index (κ1) is 13.5. The normalized spacial score (nSPS) is 16.4. The molecule has 3 heterocycles. The second-order valence-corrected chi connectivity index (χ2v) is 6.74. The molecule has 1 aliphatic heterocycles. The third-order valence-corrected chi connectivity index (χ3v) is 4.41. The zero-order valence-corrected chi connectivity index (χ0v) is 13.3. The number of hydrogen-bond donors (Lipinski definition) is 0. The van der Waals surface area contributed by atoms with Gasteiger partial charge in [0.15, 0.2) is 0 Å². The summed E-state index contributed by atoms with van der Waals surface area (Å²) in [6, 6.07) is 12.2. The van der Waals surface area contributed by atoms with E-state index < -0.39 is 0 Å². The number of hydrogen-bond acceptors (Lipinski definition) is 2. The van der Waals surface area contributed by atoms with E-state index in [-0.39, 0.29) is 5.54 Å². The van der Waals surface area contributed by atoms with Crippen LogP contribution in [0.1, 0.15) is 30.5 Å². The van der Waals surface area contributed by atoms with Crippen LogP contribution in [0.15, 0.2) is 53.8 Å². The van der Waals surface area contributed by atoms with Crippen molar-refractivity contribution in [3.63, 3.8) is 0 Å². The number of rotatable bonds is 1. The van der Waals surface area contributed by atoms with Gasteiger partial charge in [-0.1, -0.05) is 23.7 Å². The average Bonchev–Trinajstić information content (AvgIpc) is 2.94. The monoisotopic (exact) mass is 309 g/mol. The third kappa shape index (κ3) is 2.13. The van der Waals surface area contributed by atoms with E-state index in [0.29, 0.717) is 0 Å². The Morgan fingerprint density at radius 1 is 1.18 bits per heavy atom. The molecule has 1 aliphatic rings. The lowest BCUT2D eigenvalue weighted by molar-refractivity contribution is 0.513. The largest absolute Gasteiger partial charge is 0.278 e. The molecule has 0 bridgehead atoms. The van der Waals surface area contributed by atoms with Crippen LogP contribution in [-0.2, 0) is 6.42 Å². The Kier molecular flexibility index (Phi) is 2.88. The van der Waals surface area contributed by atoms with Gasteiger partial charge in [0, 0.05) is 22.3 Å². The van der Waals surface area contributed by atoms with Crippen molar-refractivity contribution in [2.45, 2.75) is 25.8 Å². The molecule has 0 unspecified atom stereocenters. The molecule has 0 saturated carbocycles. The van der Waals surface area contributed by atoms with Gasteiger partial charge in [-0.3, -0.25) is 4.99 Å². The second kappa shape index (κ2) is 4.68. The van der Waals surface area contributed by atoms with E-state index in [1.165, 1.54) is 5.56 Å². The Hall–Kier alpha value is -2.13. The maximum Gasteiger partial charge on any atom is 0.0745 e. The Bertz CT molecular complexity index is 906. The summed E-state index contributed by atoms with van der Waals surface area (Å²) in [5.74, 6) is 0. The lowest BCUT2D eigenvalue weighted by Gasteiger charge is -2.29. The van der Waals surface area contributed by atoms with Crippen molar-refractivity contribution in [1.29, 1.82) is 0 Å². The predicted molar refractivity (Wildman–Crippen MR) is 90.1 cm³/mol. The molecule has 2 aromatic heterocycles. The van der Waals surface area contributed by atoms with Crippen LogP contribution >= 0.6 is 11.6 Å². The first-order valence-electron chi connectivity index (χ1n) is 7.35. The maximum atomic E-state index is 6.43. The number of aromatic nitrogens is 2. The standard InChI is InChI=1S/C18H16ClN3/c1-18(2)10-15-14(6-3-7-16(15)19)17(21-18)12-9-13-5-4-8-22(13)20-11-12/h3-9,11H,10H2,1-2H3. The van der Waals surface area contributed by atoms with Gasteiger partial charge < -0.3 is 0 Å². The minimum absolute atomic E-state index is 0.165. The zero-order valence-electron chi connectivity index (χ0n) is 12.5. The highest BCUT2D eigenvalue weighted by molar-refractivity contribution is 6.32. The van der Waals surface area contributed by atoms with E-state index in [1.807, 2.05) is 41.2 Å². The van der Waals surface area contributed by atoms with E-state index >= 15 is 0 Å². The van der Waals surface area contributed by atoms with Crippen molar-refractivity contribution in [1.82, 2.24) is 9.61 Å². The quantitative estimate of drug-likeness (QED) is 0.663. The molecule has 4 heteroatoms. The van der Waals surface area contributed by atoms with Crippen LogP contribution in [-0.4, -0.2) is 20.9 Å². The molecule has 0 aliphatic carbocycles. The molecule has 1 aromatic carbocycles. The summed E-state index contributed by atoms with van der Waals surface area (Å²) >= 11 is 6.43. The fourth-order valence-electron chi connectivity index (χ4n) is 3.07. The van der Waals surface area contributed by atoms with Gasteiger partial charge in [-0.25, -0.2) is 4.52 Å². The van der Waals surface area contributed by atoms with Crippen LogP contribution in [0.4, 0.5) is 0 Å². The lowest BCUT2D eigenvalue weighted by Crippen LogP contribution is -2.29. The van der Waals surface area contributed by atoms with Crippen LogP contribution in [0, 0.1) is 0 Å². The summed E-state index contributed by atoms with van der Waals surface area (Å²) < 4.78 is 1.86. The lowest BCUT2D eigenvalue weighted by atomic mass is 9.85. The minimum Gasteiger partial charge on any atom is -0.278 e. The van der Waals surface area contributed by atoms with Crippen LogP contribution in [0.25, 0.3) is 5.52 Å². The van der Waals surface area contributed by atoms with Gasteiger partial charge in [0.25, 0.3) is 0 Å². The first-order valence-corrected chi connectivity index (χ1v) is 7.73. The smallest absolute Gasteiger partial charge is 0.0745 e. The number of aliphatic imine (C=N–C) groups is 1. The highest BCUT2D eigenvalue weighted by Gasteiger charge is 2.29. The fraction of sp³-hybridized carbons (Fsp3) is 0.222. The molecular weight excluding hydrogens is 294 g/mol. The highest BCUT2D eigenvalue weighted by Crippen LogP contribution is 2.33. The summed E-state index contributed by atoms with van der Waals surface area (Å²) in [4.78, 5) is 4.97. The second-order valence-electron chi connectivity index (χ2n) is 6.34. The molecule has 4 rings (SSSR count). The molecule has 0 fully saturated rings. The van der Waals surface area contributed by atoms with E-state index in [1.54, 1.807) is 0 Å². The van der Waals surface area contributed by atoms with Crippen molar-refractivity contribution in [3.8, 4) is 0 Å². The summed E-state index contributed by atoms with van der Waals surface area (Å²) in [6.45, 7) is 4.28. The molecular formula is C18H16ClN3. The molecule has 0 spiro atoms.